The standard InChI is InChI=1S/C12H22N2O/c1-2-3-8-13-9-7-12(15)14-10-5-4-6-11-14/h2-3,13H,4-11H2,1H3/b3-2+. The van der Waals surface area contributed by atoms with Gasteiger partial charge in [0.05, 0.1) is 0 Å². The highest BCUT2D eigenvalue weighted by Gasteiger charge is 2.15. The minimum atomic E-state index is 0.308. The van der Waals surface area contributed by atoms with E-state index in [0.717, 1.165) is 26.2 Å². The Morgan fingerprint density at radius 2 is 2.07 bits per heavy atom. The average molecular weight is 210 g/mol. The van der Waals surface area contributed by atoms with Crippen molar-refractivity contribution in [3.63, 3.8) is 0 Å². The number of amides is 1. The van der Waals surface area contributed by atoms with Gasteiger partial charge in [0.1, 0.15) is 0 Å². The van der Waals surface area contributed by atoms with Crippen molar-refractivity contribution in [2.45, 2.75) is 32.6 Å². The van der Waals surface area contributed by atoms with Gasteiger partial charge in [-0.25, -0.2) is 0 Å². The molecule has 86 valence electrons. The van der Waals surface area contributed by atoms with Crippen LogP contribution >= 0.6 is 0 Å². The first-order valence-electron chi connectivity index (χ1n) is 5.94. The molecule has 0 aromatic heterocycles. The molecule has 3 heteroatoms. The molecule has 0 aromatic rings. The van der Waals surface area contributed by atoms with Gasteiger partial charge >= 0.3 is 0 Å². The second-order valence-corrected chi connectivity index (χ2v) is 3.96. The van der Waals surface area contributed by atoms with E-state index in [4.69, 9.17) is 0 Å². The van der Waals surface area contributed by atoms with Crippen LogP contribution in [-0.4, -0.2) is 37.0 Å². The van der Waals surface area contributed by atoms with E-state index in [0.29, 0.717) is 12.3 Å². The molecule has 1 aliphatic rings. The van der Waals surface area contributed by atoms with Crippen molar-refractivity contribution in [2.24, 2.45) is 0 Å². The summed E-state index contributed by atoms with van der Waals surface area (Å²) >= 11 is 0. The Hall–Kier alpha value is -0.830. The minimum Gasteiger partial charge on any atom is -0.343 e. The van der Waals surface area contributed by atoms with Gasteiger partial charge in [-0.15, -0.1) is 0 Å². The molecule has 0 aromatic carbocycles. The molecule has 0 unspecified atom stereocenters. The number of hydrogen-bond donors (Lipinski definition) is 1. The second kappa shape index (κ2) is 7.46. The molecule has 1 N–H and O–H groups in total. The number of nitrogens with zero attached hydrogens (tertiary/aromatic N) is 1. The molecule has 15 heavy (non-hydrogen) atoms. The molecule has 1 fully saturated rings. The smallest absolute Gasteiger partial charge is 0.223 e. The van der Waals surface area contributed by atoms with Crippen molar-refractivity contribution < 1.29 is 4.79 Å². The summed E-state index contributed by atoms with van der Waals surface area (Å²) in [7, 11) is 0. The van der Waals surface area contributed by atoms with E-state index >= 15 is 0 Å². The third-order valence-electron chi connectivity index (χ3n) is 2.72. The van der Waals surface area contributed by atoms with E-state index in [2.05, 4.69) is 11.4 Å². The monoisotopic (exact) mass is 210 g/mol. The van der Waals surface area contributed by atoms with Gasteiger partial charge < -0.3 is 10.2 Å². The molecule has 0 saturated carbocycles. The first-order valence-corrected chi connectivity index (χ1v) is 5.94. The number of carbonyl (C=O) groups excluding carboxylic acids is 1. The number of allylic oxidation sites excluding steroid dienone is 1. The number of rotatable bonds is 5. The summed E-state index contributed by atoms with van der Waals surface area (Å²) in [5.41, 5.74) is 0. The van der Waals surface area contributed by atoms with Crippen molar-refractivity contribution in [3.05, 3.63) is 12.2 Å². The van der Waals surface area contributed by atoms with Gasteiger partial charge in [-0.2, -0.15) is 0 Å². The maximum absolute atomic E-state index is 11.7. The molecule has 1 heterocycles. The van der Waals surface area contributed by atoms with Crippen molar-refractivity contribution in [3.8, 4) is 0 Å². The fraction of sp³-hybridized carbons (Fsp3) is 0.750. The normalized spacial score (nSPS) is 17.3. The van der Waals surface area contributed by atoms with Gasteiger partial charge in [-0.05, 0) is 26.2 Å². The maximum atomic E-state index is 11.7. The van der Waals surface area contributed by atoms with Crippen LogP contribution in [0.5, 0.6) is 0 Å². The molecule has 0 atom stereocenters. The van der Waals surface area contributed by atoms with Crippen LogP contribution in [0, 0.1) is 0 Å². The lowest BCUT2D eigenvalue weighted by Gasteiger charge is -2.26. The lowest BCUT2D eigenvalue weighted by atomic mass is 10.1. The van der Waals surface area contributed by atoms with Crippen LogP contribution in [0.25, 0.3) is 0 Å². The average Bonchev–Trinajstić information content (AvgIpc) is 2.30. The Bertz CT molecular complexity index is 208. The zero-order chi connectivity index (χ0) is 10.9. The van der Waals surface area contributed by atoms with Crippen LogP contribution in [0.2, 0.25) is 0 Å². The van der Waals surface area contributed by atoms with E-state index in [1.165, 1.54) is 19.3 Å². The zero-order valence-corrected chi connectivity index (χ0v) is 9.67. The highest BCUT2D eigenvalue weighted by atomic mass is 16.2. The minimum absolute atomic E-state index is 0.308. The van der Waals surface area contributed by atoms with Crippen LogP contribution in [-0.2, 0) is 4.79 Å². The van der Waals surface area contributed by atoms with Crippen molar-refractivity contribution in [1.29, 1.82) is 0 Å². The summed E-state index contributed by atoms with van der Waals surface area (Å²) in [4.78, 5) is 13.7. The molecular weight excluding hydrogens is 188 g/mol. The van der Waals surface area contributed by atoms with Crippen molar-refractivity contribution in [1.82, 2.24) is 10.2 Å². The van der Waals surface area contributed by atoms with E-state index in [9.17, 15) is 4.79 Å². The van der Waals surface area contributed by atoms with Crippen LogP contribution in [0.4, 0.5) is 0 Å². The van der Waals surface area contributed by atoms with Crippen LogP contribution in [0.15, 0.2) is 12.2 Å². The fourth-order valence-corrected chi connectivity index (χ4v) is 1.80. The summed E-state index contributed by atoms with van der Waals surface area (Å²) in [6.45, 7) is 5.59. The third-order valence-corrected chi connectivity index (χ3v) is 2.72. The van der Waals surface area contributed by atoms with Gasteiger partial charge in [-0.1, -0.05) is 12.2 Å². The van der Waals surface area contributed by atoms with Gasteiger partial charge in [-0.3, -0.25) is 4.79 Å². The van der Waals surface area contributed by atoms with Crippen LogP contribution in [0.1, 0.15) is 32.6 Å². The Kier molecular flexibility index (Phi) is 6.09. The molecule has 1 aliphatic heterocycles. The van der Waals surface area contributed by atoms with Gasteiger partial charge in [0.25, 0.3) is 0 Å². The zero-order valence-electron chi connectivity index (χ0n) is 9.67. The summed E-state index contributed by atoms with van der Waals surface area (Å²) in [5, 5.41) is 3.22. The highest BCUT2D eigenvalue weighted by molar-refractivity contribution is 5.76. The number of piperidine rings is 1. The number of carbonyl (C=O) groups is 1. The molecule has 0 aliphatic carbocycles. The molecule has 1 amide bonds. The van der Waals surface area contributed by atoms with E-state index in [1.54, 1.807) is 0 Å². The second-order valence-electron chi connectivity index (χ2n) is 3.96. The SMILES string of the molecule is C/C=C/CNCCC(=O)N1CCCCC1. The van der Waals surface area contributed by atoms with Crippen molar-refractivity contribution >= 4 is 5.91 Å². The maximum Gasteiger partial charge on any atom is 0.223 e. The summed E-state index contributed by atoms with van der Waals surface area (Å²) in [6.07, 6.45) is 8.35. The summed E-state index contributed by atoms with van der Waals surface area (Å²) in [5.74, 6) is 0.308. The Morgan fingerprint density at radius 3 is 2.73 bits per heavy atom. The van der Waals surface area contributed by atoms with E-state index < -0.39 is 0 Å². The predicted octanol–water partition coefficient (Wildman–Crippen LogP) is 1.55. The Balaban J connectivity index is 2.06. The van der Waals surface area contributed by atoms with Crippen LogP contribution < -0.4 is 5.32 Å². The van der Waals surface area contributed by atoms with Gasteiger partial charge in [0.2, 0.25) is 5.91 Å². The number of nitrogens with one attached hydrogen (secondary N) is 1. The number of likely N-dealkylation sites (tertiary alicyclic amines) is 1. The van der Waals surface area contributed by atoms with Crippen molar-refractivity contribution in [2.75, 3.05) is 26.2 Å². The first kappa shape index (κ1) is 12.2. The molecular formula is C12H22N2O. The number of hydrogen-bond acceptors (Lipinski definition) is 2. The fourth-order valence-electron chi connectivity index (χ4n) is 1.80. The topological polar surface area (TPSA) is 32.3 Å². The lowest BCUT2D eigenvalue weighted by Crippen LogP contribution is -2.37. The Labute approximate surface area is 92.5 Å². The van der Waals surface area contributed by atoms with Gasteiger partial charge in [0, 0.05) is 32.6 Å². The van der Waals surface area contributed by atoms with Crippen LogP contribution in [0.3, 0.4) is 0 Å². The van der Waals surface area contributed by atoms with E-state index in [-0.39, 0.29) is 0 Å². The molecule has 1 rings (SSSR count). The molecule has 0 radical (unpaired) electrons. The highest BCUT2D eigenvalue weighted by Crippen LogP contribution is 2.09. The van der Waals surface area contributed by atoms with E-state index in [1.807, 2.05) is 17.9 Å². The first-order chi connectivity index (χ1) is 7.34. The lowest BCUT2D eigenvalue weighted by molar-refractivity contribution is -0.131. The molecule has 3 nitrogen and oxygen atoms in total. The summed E-state index contributed by atoms with van der Waals surface area (Å²) in [6, 6.07) is 0. The predicted molar refractivity (Wildman–Crippen MR) is 62.7 cm³/mol. The van der Waals surface area contributed by atoms with Gasteiger partial charge in [0.15, 0.2) is 0 Å². The molecule has 0 spiro atoms. The molecule has 1 saturated heterocycles. The largest absolute Gasteiger partial charge is 0.343 e. The Morgan fingerprint density at radius 1 is 1.33 bits per heavy atom. The third kappa shape index (κ3) is 4.98. The quantitative estimate of drug-likeness (QED) is 0.551. The summed E-state index contributed by atoms with van der Waals surface area (Å²) < 4.78 is 0. The molecule has 0 bridgehead atoms.